The minimum absolute atomic E-state index is 0.649. The number of likely N-dealkylation sites (N-methyl/N-ethyl adjacent to an activating group) is 2. The van der Waals surface area contributed by atoms with Gasteiger partial charge >= 0.3 is 0 Å². The Morgan fingerprint density at radius 1 is 1.50 bits per heavy atom. The van der Waals surface area contributed by atoms with Gasteiger partial charge in [0.05, 0.1) is 6.54 Å². The van der Waals surface area contributed by atoms with Gasteiger partial charge in [-0.1, -0.05) is 6.92 Å². The fourth-order valence-corrected chi connectivity index (χ4v) is 2.97. The van der Waals surface area contributed by atoms with E-state index in [1.54, 1.807) is 0 Å². The molecule has 2 rings (SSSR count). The van der Waals surface area contributed by atoms with Gasteiger partial charge in [-0.25, -0.2) is 0 Å². The molecule has 0 spiro atoms. The molecule has 1 fully saturated rings. The van der Waals surface area contributed by atoms with E-state index in [1.165, 1.54) is 31.5 Å². The monoisotopic (exact) mass is 279 g/mol. The Hall–Kier alpha value is -0.840. The number of piperidine rings is 1. The van der Waals surface area contributed by atoms with Crippen LogP contribution in [0.5, 0.6) is 0 Å². The van der Waals surface area contributed by atoms with E-state index in [0.29, 0.717) is 6.04 Å². The normalized spacial score (nSPS) is 20.8. The molecule has 0 bridgehead atoms. The Labute approximate surface area is 123 Å². The van der Waals surface area contributed by atoms with Crippen LogP contribution in [0.25, 0.3) is 0 Å². The molecule has 1 N–H and O–H groups in total. The van der Waals surface area contributed by atoms with Crippen LogP contribution >= 0.6 is 0 Å². The second kappa shape index (κ2) is 7.25. The molecule has 1 aromatic heterocycles. The number of furan rings is 1. The van der Waals surface area contributed by atoms with E-state index in [2.05, 4.69) is 49.1 Å². The summed E-state index contributed by atoms with van der Waals surface area (Å²) >= 11 is 0. The molecule has 0 aromatic carbocycles. The number of hydrogen-bond donors (Lipinski definition) is 1. The third-order valence-electron chi connectivity index (χ3n) is 4.27. The van der Waals surface area contributed by atoms with Gasteiger partial charge in [0, 0.05) is 24.7 Å². The van der Waals surface area contributed by atoms with Gasteiger partial charge in [0.1, 0.15) is 11.5 Å². The molecule has 0 radical (unpaired) electrons. The zero-order valence-electron chi connectivity index (χ0n) is 13.4. The van der Waals surface area contributed by atoms with Gasteiger partial charge in [-0.2, -0.15) is 0 Å². The molecule has 1 aromatic rings. The molecule has 1 aliphatic rings. The number of hydrogen-bond acceptors (Lipinski definition) is 4. The minimum Gasteiger partial charge on any atom is -0.465 e. The lowest BCUT2D eigenvalue weighted by atomic mass is 10.1. The predicted molar refractivity (Wildman–Crippen MR) is 82.8 cm³/mol. The van der Waals surface area contributed by atoms with Gasteiger partial charge in [-0.15, -0.1) is 0 Å². The van der Waals surface area contributed by atoms with Gasteiger partial charge in [0.25, 0.3) is 0 Å². The van der Waals surface area contributed by atoms with Gasteiger partial charge in [-0.3, -0.25) is 4.90 Å². The molecule has 4 heteroatoms. The van der Waals surface area contributed by atoms with Crippen molar-refractivity contribution in [2.45, 2.75) is 45.8 Å². The van der Waals surface area contributed by atoms with Crippen LogP contribution in [-0.2, 0) is 13.1 Å². The van der Waals surface area contributed by atoms with E-state index in [0.717, 1.165) is 31.2 Å². The van der Waals surface area contributed by atoms with Crippen molar-refractivity contribution in [2.75, 3.05) is 33.7 Å². The van der Waals surface area contributed by atoms with Crippen molar-refractivity contribution >= 4 is 0 Å². The van der Waals surface area contributed by atoms with Crippen LogP contribution < -0.4 is 5.32 Å². The highest BCUT2D eigenvalue weighted by Crippen LogP contribution is 2.19. The Morgan fingerprint density at radius 2 is 2.30 bits per heavy atom. The second-order valence-corrected chi connectivity index (χ2v) is 6.05. The van der Waals surface area contributed by atoms with Crippen LogP contribution in [0.3, 0.4) is 0 Å². The predicted octanol–water partition coefficient (Wildman–Crippen LogP) is 2.22. The Balaban J connectivity index is 1.91. The molecule has 2 heterocycles. The summed E-state index contributed by atoms with van der Waals surface area (Å²) < 4.78 is 5.90. The highest BCUT2D eigenvalue weighted by Gasteiger charge is 2.22. The lowest BCUT2D eigenvalue weighted by molar-refractivity contribution is 0.123. The molecule has 1 unspecified atom stereocenters. The molecule has 1 saturated heterocycles. The van der Waals surface area contributed by atoms with E-state index in [9.17, 15) is 0 Å². The molecule has 1 atom stereocenters. The molecule has 0 amide bonds. The maximum atomic E-state index is 5.90. The summed E-state index contributed by atoms with van der Waals surface area (Å²) in [5, 5.41) is 3.36. The first-order valence-corrected chi connectivity index (χ1v) is 7.77. The molecular weight excluding hydrogens is 250 g/mol. The zero-order valence-corrected chi connectivity index (χ0v) is 13.4. The number of nitrogens with zero attached hydrogens (tertiary/aromatic N) is 2. The number of likely N-dealkylation sites (tertiary alicyclic amines) is 1. The molecule has 4 nitrogen and oxygen atoms in total. The first-order valence-electron chi connectivity index (χ1n) is 7.77. The van der Waals surface area contributed by atoms with Crippen molar-refractivity contribution in [3.63, 3.8) is 0 Å². The van der Waals surface area contributed by atoms with Crippen LogP contribution in [0, 0.1) is 6.92 Å². The second-order valence-electron chi connectivity index (χ2n) is 6.05. The lowest BCUT2D eigenvalue weighted by Gasteiger charge is -2.35. The average molecular weight is 279 g/mol. The van der Waals surface area contributed by atoms with Gasteiger partial charge in [-0.05, 0) is 53.0 Å². The van der Waals surface area contributed by atoms with Gasteiger partial charge in [0.15, 0.2) is 0 Å². The summed E-state index contributed by atoms with van der Waals surface area (Å²) in [4.78, 5) is 4.86. The third kappa shape index (κ3) is 4.08. The van der Waals surface area contributed by atoms with Crippen molar-refractivity contribution in [3.8, 4) is 0 Å². The van der Waals surface area contributed by atoms with E-state index < -0.39 is 0 Å². The van der Waals surface area contributed by atoms with E-state index in [1.807, 2.05) is 0 Å². The van der Waals surface area contributed by atoms with Gasteiger partial charge < -0.3 is 14.6 Å². The fraction of sp³-hybridized carbons (Fsp3) is 0.750. The average Bonchev–Trinajstić information content (AvgIpc) is 2.76. The highest BCUT2D eigenvalue weighted by molar-refractivity contribution is 5.20. The fourth-order valence-electron chi connectivity index (χ4n) is 2.97. The van der Waals surface area contributed by atoms with Crippen molar-refractivity contribution in [3.05, 3.63) is 23.2 Å². The smallest absolute Gasteiger partial charge is 0.118 e. The highest BCUT2D eigenvalue weighted by atomic mass is 16.3. The SMILES string of the molecule is CCNCc1cc(CN(C)C2CCCN(C)C2)oc1C. The summed E-state index contributed by atoms with van der Waals surface area (Å²) in [6.07, 6.45) is 2.60. The third-order valence-corrected chi connectivity index (χ3v) is 4.27. The number of nitrogens with one attached hydrogen (secondary N) is 1. The quantitative estimate of drug-likeness (QED) is 0.865. The Morgan fingerprint density at radius 3 is 3.00 bits per heavy atom. The summed E-state index contributed by atoms with van der Waals surface area (Å²) in [6, 6.07) is 2.86. The van der Waals surface area contributed by atoms with E-state index in [4.69, 9.17) is 4.42 Å². The van der Waals surface area contributed by atoms with Crippen LogP contribution in [-0.4, -0.2) is 49.6 Å². The lowest BCUT2D eigenvalue weighted by Crippen LogP contribution is -2.44. The molecule has 114 valence electrons. The number of rotatable bonds is 6. The van der Waals surface area contributed by atoms with Crippen LogP contribution in [0.4, 0.5) is 0 Å². The van der Waals surface area contributed by atoms with Crippen LogP contribution in [0.1, 0.15) is 36.8 Å². The van der Waals surface area contributed by atoms with Crippen molar-refractivity contribution in [1.82, 2.24) is 15.1 Å². The maximum absolute atomic E-state index is 5.90. The van der Waals surface area contributed by atoms with Crippen LogP contribution in [0.2, 0.25) is 0 Å². The molecular formula is C16H29N3O. The van der Waals surface area contributed by atoms with Crippen molar-refractivity contribution in [1.29, 1.82) is 0 Å². The Kier molecular flexibility index (Phi) is 5.64. The largest absolute Gasteiger partial charge is 0.465 e. The first kappa shape index (κ1) is 15.5. The molecule has 1 aliphatic heterocycles. The topological polar surface area (TPSA) is 31.6 Å². The molecule has 0 aliphatic carbocycles. The van der Waals surface area contributed by atoms with Gasteiger partial charge in [0.2, 0.25) is 0 Å². The summed E-state index contributed by atoms with van der Waals surface area (Å²) in [7, 11) is 4.43. The minimum atomic E-state index is 0.649. The van der Waals surface area contributed by atoms with E-state index in [-0.39, 0.29) is 0 Å². The van der Waals surface area contributed by atoms with Crippen molar-refractivity contribution < 1.29 is 4.42 Å². The van der Waals surface area contributed by atoms with E-state index >= 15 is 0 Å². The first-order chi connectivity index (χ1) is 9.60. The zero-order chi connectivity index (χ0) is 14.5. The maximum Gasteiger partial charge on any atom is 0.118 e. The molecule has 20 heavy (non-hydrogen) atoms. The summed E-state index contributed by atoms with van der Waals surface area (Å²) in [6.45, 7) is 9.40. The Bertz CT molecular complexity index is 416. The standard InChI is InChI=1S/C16H29N3O/c1-5-17-10-14-9-16(20-13(14)2)12-19(4)15-7-6-8-18(3)11-15/h9,15,17H,5-8,10-12H2,1-4H3. The molecule has 0 saturated carbocycles. The summed E-state index contributed by atoms with van der Waals surface area (Å²) in [5.74, 6) is 2.14. The number of aryl methyl sites for hydroxylation is 1. The van der Waals surface area contributed by atoms with Crippen molar-refractivity contribution in [2.24, 2.45) is 0 Å². The van der Waals surface area contributed by atoms with Crippen LogP contribution in [0.15, 0.2) is 10.5 Å². The summed E-state index contributed by atoms with van der Waals surface area (Å²) in [5.41, 5.74) is 1.29.